The maximum Gasteiger partial charge on any atom is 0.227 e. The second kappa shape index (κ2) is 6.91. The van der Waals surface area contributed by atoms with Crippen LogP contribution in [0, 0.1) is 0 Å². The molecule has 1 amide bonds. The van der Waals surface area contributed by atoms with Crippen molar-refractivity contribution < 1.29 is 14.3 Å². The smallest absolute Gasteiger partial charge is 0.227 e. The lowest BCUT2D eigenvalue weighted by molar-refractivity contribution is -0.119. The SMILES string of the molecule is CC(C)(C)c1ccc(C2CCN(c3ccc4c(c3)OCCO4)C(=O)C2)cc1. The molecule has 2 aromatic rings. The number of piperidine rings is 1. The van der Waals surface area contributed by atoms with Gasteiger partial charge >= 0.3 is 0 Å². The third-order valence-electron chi connectivity index (χ3n) is 5.51. The average molecular weight is 365 g/mol. The summed E-state index contributed by atoms with van der Waals surface area (Å²) in [4.78, 5) is 14.7. The Labute approximate surface area is 161 Å². The molecule has 4 nitrogen and oxygen atoms in total. The molecule has 2 aromatic carbocycles. The molecule has 0 aromatic heterocycles. The summed E-state index contributed by atoms with van der Waals surface area (Å²) in [6.45, 7) is 8.51. The molecule has 2 heterocycles. The fourth-order valence-electron chi connectivity index (χ4n) is 3.85. The Hall–Kier alpha value is -2.49. The maximum atomic E-state index is 12.8. The van der Waals surface area contributed by atoms with Gasteiger partial charge in [0.1, 0.15) is 13.2 Å². The van der Waals surface area contributed by atoms with E-state index in [2.05, 4.69) is 45.0 Å². The number of hydrogen-bond donors (Lipinski definition) is 0. The van der Waals surface area contributed by atoms with Crippen LogP contribution in [-0.2, 0) is 10.2 Å². The van der Waals surface area contributed by atoms with Crippen molar-refractivity contribution >= 4 is 11.6 Å². The highest BCUT2D eigenvalue weighted by atomic mass is 16.6. The average Bonchev–Trinajstić information content (AvgIpc) is 2.67. The van der Waals surface area contributed by atoms with Gasteiger partial charge in [0.2, 0.25) is 5.91 Å². The van der Waals surface area contributed by atoms with Gasteiger partial charge in [0.05, 0.1) is 0 Å². The lowest BCUT2D eigenvalue weighted by atomic mass is 9.83. The third kappa shape index (κ3) is 3.66. The molecule has 0 aliphatic carbocycles. The summed E-state index contributed by atoms with van der Waals surface area (Å²) in [5, 5.41) is 0. The topological polar surface area (TPSA) is 38.8 Å². The second-order valence-corrected chi connectivity index (χ2v) is 8.44. The normalized spacial score (nSPS) is 19.9. The molecule has 0 saturated carbocycles. The second-order valence-electron chi connectivity index (χ2n) is 8.44. The van der Waals surface area contributed by atoms with E-state index in [9.17, 15) is 4.79 Å². The van der Waals surface area contributed by atoms with Crippen molar-refractivity contribution in [2.24, 2.45) is 0 Å². The Morgan fingerprint density at radius 2 is 1.67 bits per heavy atom. The molecule has 1 atom stereocenters. The summed E-state index contributed by atoms with van der Waals surface area (Å²) < 4.78 is 11.2. The molecule has 2 aliphatic rings. The quantitative estimate of drug-likeness (QED) is 0.776. The molecule has 1 unspecified atom stereocenters. The molecule has 0 spiro atoms. The first kappa shape index (κ1) is 17.9. The zero-order valence-electron chi connectivity index (χ0n) is 16.3. The highest BCUT2D eigenvalue weighted by Crippen LogP contribution is 2.37. The van der Waals surface area contributed by atoms with Gasteiger partial charge in [-0.1, -0.05) is 45.0 Å². The summed E-state index contributed by atoms with van der Waals surface area (Å²) in [5.41, 5.74) is 3.63. The van der Waals surface area contributed by atoms with Crippen LogP contribution >= 0.6 is 0 Å². The molecule has 2 aliphatic heterocycles. The minimum atomic E-state index is 0.149. The van der Waals surface area contributed by atoms with Gasteiger partial charge in [0.25, 0.3) is 0 Å². The predicted octanol–water partition coefficient (Wildman–Crippen LogP) is 4.67. The first-order chi connectivity index (χ1) is 12.9. The lowest BCUT2D eigenvalue weighted by Gasteiger charge is -2.33. The number of ether oxygens (including phenoxy) is 2. The molecule has 0 bridgehead atoms. The Kier molecular flexibility index (Phi) is 4.58. The summed E-state index contributed by atoms with van der Waals surface area (Å²) in [5.74, 6) is 1.94. The van der Waals surface area contributed by atoms with Crippen LogP contribution in [0.2, 0.25) is 0 Å². The molecule has 142 valence electrons. The highest BCUT2D eigenvalue weighted by molar-refractivity contribution is 5.95. The van der Waals surface area contributed by atoms with Crippen molar-refractivity contribution in [2.75, 3.05) is 24.7 Å². The van der Waals surface area contributed by atoms with E-state index in [1.165, 1.54) is 11.1 Å². The number of carbonyl (C=O) groups excluding carboxylic acids is 1. The minimum Gasteiger partial charge on any atom is -0.486 e. The summed E-state index contributed by atoms with van der Waals surface area (Å²) in [6, 6.07) is 14.6. The van der Waals surface area contributed by atoms with E-state index in [1.54, 1.807) is 0 Å². The molecule has 4 rings (SSSR count). The maximum absolute atomic E-state index is 12.8. The van der Waals surface area contributed by atoms with Crippen LogP contribution in [0.3, 0.4) is 0 Å². The number of amides is 1. The molecule has 4 heteroatoms. The van der Waals surface area contributed by atoms with Crippen molar-refractivity contribution in [2.45, 2.75) is 44.9 Å². The summed E-state index contributed by atoms with van der Waals surface area (Å²) in [6.07, 6.45) is 1.51. The molecular formula is C23H27NO3. The van der Waals surface area contributed by atoms with Gasteiger partial charge in [-0.15, -0.1) is 0 Å². The van der Waals surface area contributed by atoms with Gasteiger partial charge in [0, 0.05) is 24.7 Å². The molecular weight excluding hydrogens is 338 g/mol. The van der Waals surface area contributed by atoms with Crippen LogP contribution in [0.5, 0.6) is 11.5 Å². The lowest BCUT2D eigenvalue weighted by Crippen LogP contribution is -2.38. The fourth-order valence-corrected chi connectivity index (χ4v) is 3.85. The predicted molar refractivity (Wildman–Crippen MR) is 107 cm³/mol. The number of benzene rings is 2. The summed E-state index contributed by atoms with van der Waals surface area (Å²) >= 11 is 0. The van der Waals surface area contributed by atoms with Gasteiger partial charge < -0.3 is 14.4 Å². The van der Waals surface area contributed by atoms with Gasteiger partial charge in [-0.25, -0.2) is 0 Å². The largest absolute Gasteiger partial charge is 0.486 e. The van der Waals surface area contributed by atoms with Crippen molar-refractivity contribution in [3.63, 3.8) is 0 Å². The van der Waals surface area contributed by atoms with Gasteiger partial charge in [-0.05, 0) is 41.0 Å². The Bertz CT molecular complexity index is 836. The Morgan fingerprint density at radius 3 is 2.33 bits per heavy atom. The number of rotatable bonds is 2. The van der Waals surface area contributed by atoms with Crippen molar-refractivity contribution in [3.05, 3.63) is 53.6 Å². The number of nitrogens with zero attached hydrogens (tertiary/aromatic N) is 1. The van der Waals surface area contributed by atoms with Crippen LogP contribution in [0.4, 0.5) is 5.69 Å². The molecule has 0 radical (unpaired) electrons. The van der Waals surface area contributed by atoms with Gasteiger partial charge in [-0.3, -0.25) is 4.79 Å². The highest BCUT2D eigenvalue weighted by Gasteiger charge is 2.29. The first-order valence-corrected chi connectivity index (χ1v) is 9.72. The zero-order chi connectivity index (χ0) is 19.0. The molecule has 1 saturated heterocycles. The number of anilines is 1. The van der Waals surface area contributed by atoms with Crippen LogP contribution in [0.25, 0.3) is 0 Å². The summed E-state index contributed by atoms with van der Waals surface area (Å²) in [7, 11) is 0. The molecule has 1 fully saturated rings. The van der Waals surface area contributed by atoms with E-state index >= 15 is 0 Å². The van der Waals surface area contributed by atoms with Crippen molar-refractivity contribution in [1.29, 1.82) is 0 Å². The monoisotopic (exact) mass is 365 g/mol. The number of hydrogen-bond acceptors (Lipinski definition) is 3. The van der Waals surface area contributed by atoms with E-state index < -0.39 is 0 Å². The van der Waals surface area contributed by atoms with E-state index in [-0.39, 0.29) is 11.3 Å². The van der Waals surface area contributed by atoms with Gasteiger partial charge in [-0.2, -0.15) is 0 Å². The van der Waals surface area contributed by atoms with E-state index in [0.717, 1.165) is 30.2 Å². The molecule has 27 heavy (non-hydrogen) atoms. The number of carbonyl (C=O) groups is 1. The van der Waals surface area contributed by atoms with E-state index in [4.69, 9.17) is 9.47 Å². The number of fused-ring (bicyclic) bond motifs is 1. The van der Waals surface area contributed by atoms with Crippen LogP contribution in [0.1, 0.15) is 50.7 Å². The van der Waals surface area contributed by atoms with Crippen LogP contribution < -0.4 is 14.4 Å². The van der Waals surface area contributed by atoms with Crippen molar-refractivity contribution in [1.82, 2.24) is 0 Å². The zero-order valence-corrected chi connectivity index (χ0v) is 16.3. The first-order valence-electron chi connectivity index (χ1n) is 9.72. The molecule has 0 N–H and O–H groups in total. The van der Waals surface area contributed by atoms with Crippen molar-refractivity contribution in [3.8, 4) is 11.5 Å². The van der Waals surface area contributed by atoms with Crippen LogP contribution in [-0.4, -0.2) is 25.7 Å². The fraction of sp³-hybridized carbons (Fsp3) is 0.435. The van der Waals surface area contributed by atoms with Gasteiger partial charge in [0.15, 0.2) is 11.5 Å². The Morgan fingerprint density at radius 1 is 0.963 bits per heavy atom. The van der Waals surface area contributed by atoms with Crippen LogP contribution in [0.15, 0.2) is 42.5 Å². The van der Waals surface area contributed by atoms with E-state index in [0.29, 0.717) is 25.6 Å². The van der Waals surface area contributed by atoms with E-state index in [1.807, 2.05) is 23.1 Å². The standard InChI is InChI=1S/C23H27NO3/c1-23(2,3)18-6-4-16(5-7-18)17-10-11-24(22(25)14-17)19-8-9-20-21(15-19)27-13-12-26-20/h4-9,15,17H,10-14H2,1-3H3. The third-order valence-corrected chi connectivity index (χ3v) is 5.51. The Balaban J connectivity index is 1.47. The minimum absolute atomic E-state index is 0.149.